The van der Waals surface area contributed by atoms with Crippen molar-refractivity contribution in [3.05, 3.63) is 71.8 Å². The molecule has 0 spiro atoms. The molecule has 0 saturated heterocycles. The Bertz CT molecular complexity index is 2090. The number of hydrogen-bond donors (Lipinski definition) is 0. The van der Waals surface area contributed by atoms with E-state index in [-0.39, 0.29) is 22.7 Å². The van der Waals surface area contributed by atoms with Gasteiger partial charge in [-0.1, -0.05) is 24.3 Å². The van der Waals surface area contributed by atoms with Crippen LogP contribution in [-0.4, -0.2) is 29.9 Å². The van der Waals surface area contributed by atoms with Crippen molar-refractivity contribution in [2.24, 2.45) is 0 Å². The maximum Gasteiger partial charge on any atom is 0.416 e. The molecule has 0 unspecified atom stereocenters. The molecule has 0 bridgehead atoms. The van der Waals surface area contributed by atoms with Crippen LogP contribution in [0, 0.1) is 22.7 Å². The number of benzene rings is 3. The van der Waals surface area contributed by atoms with Gasteiger partial charge in [0.15, 0.2) is 22.7 Å². The second-order valence-electron chi connectivity index (χ2n) is 8.55. The van der Waals surface area contributed by atoms with Crippen LogP contribution in [0.25, 0.3) is 66.7 Å². The third kappa shape index (κ3) is 2.96. The molecule has 3 heterocycles. The Morgan fingerprint density at radius 1 is 0.711 bits per heavy atom. The fourth-order valence-corrected chi connectivity index (χ4v) is 4.86. The summed E-state index contributed by atoms with van der Waals surface area (Å²) in [6, 6.07) is 14.2. The van der Waals surface area contributed by atoms with Crippen LogP contribution in [0.1, 0.15) is 17.0 Å². The van der Waals surface area contributed by atoms with Crippen molar-refractivity contribution in [2.75, 3.05) is 0 Å². The van der Waals surface area contributed by atoms with Gasteiger partial charge in [0.2, 0.25) is 0 Å². The minimum absolute atomic E-state index is 0.101. The first kappa shape index (κ1) is 21.7. The van der Waals surface area contributed by atoms with Gasteiger partial charge in [0.05, 0.1) is 22.3 Å². The monoisotopic (exact) mass is 502 g/mol. The lowest BCUT2D eigenvalue weighted by atomic mass is 9.93. The summed E-state index contributed by atoms with van der Waals surface area (Å²) in [5, 5.41) is 20.2. The normalized spacial score (nSPS) is 12.0. The van der Waals surface area contributed by atoms with E-state index in [0.717, 1.165) is 28.5 Å². The Labute approximate surface area is 210 Å². The molecule has 1 aliphatic rings. The first-order valence-corrected chi connectivity index (χ1v) is 11.2. The molecular weight excluding hydrogens is 493 g/mol. The van der Waals surface area contributed by atoms with Crippen molar-refractivity contribution in [2.45, 2.75) is 6.18 Å². The zero-order valence-corrected chi connectivity index (χ0v) is 18.9. The highest BCUT2D eigenvalue weighted by Gasteiger charge is 2.32. The van der Waals surface area contributed by atoms with Gasteiger partial charge in [-0.3, -0.25) is 9.97 Å². The Kier molecular flexibility index (Phi) is 4.27. The van der Waals surface area contributed by atoms with E-state index in [4.69, 9.17) is 0 Å². The van der Waals surface area contributed by atoms with Gasteiger partial charge in [0, 0.05) is 28.9 Å². The van der Waals surface area contributed by atoms with Crippen molar-refractivity contribution < 1.29 is 13.2 Å². The van der Waals surface area contributed by atoms with E-state index in [2.05, 4.69) is 29.9 Å². The number of halogens is 3. The van der Waals surface area contributed by atoms with Crippen LogP contribution in [0.15, 0.2) is 54.9 Å². The highest BCUT2D eigenvalue weighted by atomic mass is 19.4. The molecule has 0 saturated carbocycles. The molecule has 3 aromatic heterocycles. The Morgan fingerprint density at radius 2 is 1.34 bits per heavy atom. The fraction of sp³-hybridized carbons (Fsp3) is 0.0370. The molecule has 1 aliphatic carbocycles. The van der Waals surface area contributed by atoms with E-state index in [0.29, 0.717) is 39.1 Å². The number of aromatic nitrogens is 6. The van der Waals surface area contributed by atoms with Crippen LogP contribution in [-0.2, 0) is 6.18 Å². The summed E-state index contributed by atoms with van der Waals surface area (Å²) in [5.74, 6) is 0. The highest BCUT2D eigenvalue weighted by Crippen LogP contribution is 2.50. The summed E-state index contributed by atoms with van der Waals surface area (Å²) >= 11 is 0. The van der Waals surface area contributed by atoms with Gasteiger partial charge in [0.1, 0.15) is 17.8 Å². The van der Waals surface area contributed by atoms with Crippen molar-refractivity contribution in [1.82, 2.24) is 29.9 Å². The minimum atomic E-state index is -4.44. The number of nitriles is 2. The molecule has 7 rings (SSSR count). The lowest BCUT2D eigenvalue weighted by Crippen LogP contribution is -2.04. The van der Waals surface area contributed by atoms with Crippen molar-refractivity contribution in [3.63, 3.8) is 0 Å². The van der Waals surface area contributed by atoms with Gasteiger partial charge in [-0.2, -0.15) is 23.7 Å². The van der Waals surface area contributed by atoms with Crippen LogP contribution in [0.4, 0.5) is 13.2 Å². The molecule has 0 atom stereocenters. The largest absolute Gasteiger partial charge is 0.416 e. The zero-order chi connectivity index (χ0) is 26.2. The van der Waals surface area contributed by atoms with Crippen LogP contribution in [0.3, 0.4) is 0 Å². The molecule has 6 aromatic rings. The maximum atomic E-state index is 13.2. The molecule has 0 aliphatic heterocycles. The van der Waals surface area contributed by atoms with Crippen LogP contribution in [0.2, 0.25) is 0 Å². The van der Waals surface area contributed by atoms with Gasteiger partial charge in [0.25, 0.3) is 0 Å². The summed E-state index contributed by atoms with van der Waals surface area (Å²) in [5.41, 5.74) is 3.97. The molecular formula is C27H9F3N8. The lowest BCUT2D eigenvalue weighted by molar-refractivity contribution is -0.137. The van der Waals surface area contributed by atoms with Gasteiger partial charge >= 0.3 is 6.18 Å². The van der Waals surface area contributed by atoms with Crippen molar-refractivity contribution >= 4 is 33.1 Å². The van der Waals surface area contributed by atoms with E-state index in [9.17, 15) is 23.7 Å². The molecule has 38 heavy (non-hydrogen) atoms. The topological polar surface area (TPSA) is 125 Å². The number of fused-ring (bicyclic) bond motifs is 6. The van der Waals surface area contributed by atoms with Crippen LogP contribution in [0.5, 0.6) is 0 Å². The Balaban J connectivity index is 1.56. The van der Waals surface area contributed by atoms with Crippen molar-refractivity contribution in [1.29, 1.82) is 10.5 Å². The summed E-state index contributed by atoms with van der Waals surface area (Å²) in [7, 11) is 0. The zero-order valence-electron chi connectivity index (χ0n) is 18.9. The summed E-state index contributed by atoms with van der Waals surface area (Å²) in [4.78, 5) is 26.7. The first-order chi connectivity index (χ1) is 18.4. The summed E-state index contributed by atoms with van der Waals surface area (Å²) in [6.07, 6.45) is -1.33. The third-order valence-corrected chi connectivity index (χ3v) is 6.49. The van der Waals surface area contributed by atoms with E-state index >= 15 is 0 Å². The van der Waals surface area contributed by atoms with Crippen LogP contribution < -0.4 is 0 Å². The van der Waals surface area contributed by atoms with Crippen LogP contribution >= 0.6 is 0 Å². The van der Waals surface area contributed by atoms with E-state index in [1.165, 1.54) is 12.1 Å². The predicted molar refractivity (Wildman–Crippen MR) is 130 cm³/mol. The van der Waals surface area contributed by atoms with Gasteiger partial charge in [-0.15, -0.1) is 0 Å². The number of alkyl halides is 3. The first-order valence-electron chi connectivity index (χ1n) is 11.2. The average molecular weight is 502 g/mol. The number of rotatable bonds is 1. The number of hydrogen-bond acceptors (Lipinski definition) is 8. The van der Waals surface area contributed by atoms with E-state index in [1.54, 1.807) is 12.4 Å². The molecule has 0 N–H and O–H groups in total. The quantitative estimate of drug-likeness (QED) is 0.266. The van der Waals surface area contributed by atoms with E-state index < -0.39 is 11.7 Å². The fourth-order valence-electron chi connectivity index (χ4n) is 4.86. The number of nitrogens with zero attached hydrogens (tertiary/aromatic N) is 8. The molecule has 8 nitrogen and oxygen atoms in total. The second-order valence-corrected chi connectivity index (χ2v) is 8.55. The summed E-state index contributed by atoms with van der Waals surface area (Å²) < 4.78 is 39.5. The molecule has 11 heteroatoms. The molecule has 0 radical (unpaired) electrons. The third-order valence-electron chi connectivity index (χ3n) is 6.49. The molecule has 178 valence electrons. The second kappa shape index (κ2) is 7.48. The van der Waals surface area contributed by atoms with Gasteiger partial charge < -0.3 is 0 Å². The highest BCUT2D eigenvalue weighted by molar-refractivity contribution is 6.24. The standard InChI is InChI=1S/C27H9F3N8/c28-27(29,30)13-3-1-12(2-4-13)14-5-6-15-20-16(14)9-17-23(34-8-7-33-17)21(20)24-22(15)37-25-26(38-24)36-19(11-32)18(10-31)35-25/h1-9H. The van der Waals surface area contributed by atoms with Gasteiger partial charge in [-0.05, 0) is 34.7 Å². The maximum absolute atomic E-state index is 13.2. The minimum Gasteiger partial charge on any atom is -0.253 e. The smallest absolute Gasteiger partial charge is 0.253 e. The van der Waals surface area contributed by atoms with Crippen molar-refractivity contribution in [3.8, 4) is 45.8 Å². The molecule has 3 aromatic carbocycles. The predicted octanol–water partition coefficient (Wildman–Crippen LogP) is 5.59. The molecule has 0 fully saturated rings. The average Bonchev–Trinajstić information content (AvgIpc) is 3.25. The van der Waals surface area contributed by atoms with Gasteiger partial charge in [-0.25, -0.2) is 19.9 Å². The lowest BCUT2D eigenvalue weighted by Gasteiger charge is -2.12. The molecule has 0 amide bonds. The Morgan fingerprint density at radius 3 is 2.00 bits per heavy atom. The SMILES string of the molecule is N#Cc1nc2nc3c(nc2nc1C#N)-c1c2nccnc2cc2c(-c4ccc(C(F)(F)F)cc4)ccc-3c12. The Hall–Kier alpha value is -5.55. The summed E-state index contributed by atoms with van der Waals surface area (Å²) in [6.45, 7) is 0. The van der Waals surface area contributed by atoms with E-state index in [1.807, 2.05) is 30.3 Å².